The minimum atomic E-state index is -0.152. The van der Waals surface area contributed by atoms with Crippen molar-refractivity contribution in [3.8, 4) is 10.7 Å². The first kappa shape index (κ1) is 12.8. The van der Waals surface area contributed by atoms with E-state index in [4.69, 9.17) is 0 Å². The van der Waals surface area contributed by atoms with Crippen LogP contribution >= 0.6 is 11.3 Å². The van der Waals surface area contributed by atoms with E-state index in [1.807, 2.05) is 23.6 Å². The van der Waals surface area contributed by atoms with Crippen LogP contribution in [-0.4, -0.2) is 29.9 Å². The normalized spacial score (nSPS) is 11.1. The second-order valence-electron chi connectivity index (χ2n) is 4.67. The molecular weight excluding hydrogens is 300 g/mol. The van der Waals surface area contributed by atoms with Crippen LogP contribution in [0.4, 0.5) is 0 Å². The summed E-state index contributed by atoms with van der Waals surface area (Å²) in [5.41, 5.74) is 1.22. The minimum Gasteiger partial charge on any atom is -0.308 e. The smallest absolute Gasteiger partial charge is 0.258 e. The van der Waals surface area contributed by atoms with E-state index in [1.54, 1.807) is 23.1 Å². The molecule has 0 spiro atoms. The maximum Gasteiger partial charge on any atom is 0.258 e. The van der Waals surface area contributed by atoms with Crippen molar-refractivity contribution in [1.82, 2.24) is 29.9 Å². The second-order valence-corrected chi connectivity index (χ2v) is 5.56. The van der Waals surface area contributed by atoms with Crippen molar-refractivity contribution in [1.29, 1.82) is 0 Å². The van der Waals surface area contributed by atoms with Crippen molar-refractivity contribution in [3.05, 3.63) is 58.2 Å². The fraction of sp³-hybridized carbons (Fsp3) is 0.0714. The molecule has 3 aromatic heterocycles. The van der Waals surface area contributed by atoms with E-state index in [9.17, 15) is 4.79 Å². The Morgan fingerprint density at radius 2 is 2.18 bits per heavy atom. The average Bonchev–Trinajstić information content (AvgIpc) is 3.18. The van der Waals surface area contributed by atoms with E-state index >= 15 is 0 Å². The van der Waals surface area contributed by atoms with Crippen molar-refractivity contribution in [2.45, 2.75) is 6.54 Å². The van der Waals surface area contributed by atoms with Crippen molar-refractivity contribution in [2.24, 2.45) is 0 Å². The van der Waals surface area contributed by atoms with E-state index in [1.165, 1.54) is 11.3 Å². The van der Waals surface area contributed by atoms with Gasteiger partial charge in [0.25, 0.3) is 5.56 Å². The number of rotatable bonds is 3. The molecule has 0 saturated heterocycles. The highest BCUT2D eigenvalue weighted by atomic mass is 32.1. The zero-order valence-corrected chi connectivity index (χ0v) is 12.1. The highest BCUT2D eigenvalue weighted by Gasteiger charge is 2.08. The Morgan fingerprint density at radius 1 is 1.27 bits per heavy atom. The third-order valence-corrected chi connectivity index (χ3v) is 3.96. The fourth-order valence-corrected chi connectivity index (χ4v) is 2.77. The van der Waals surface area contributed by atoms with E-state index in [0.717, 1.165) is 5.01 Å². The van der Waals surface area contributed by atoms with Gasteiger partial charge in [0.15, 0.2) is 0 Å². The Labute approximate surface area is 128 Å². The lowest BCUT2D eigenvalue weighted by Crippen LogP contribution is -2.14. The van der Waals surface area contributed by atoms with E-state index in [-0.39, 0.29) is 5.56 Å². The predicted molar refractivity (Wildman–Crippen MR) is 82.6 cm³/mol. The number of aromatic nitrogens is 6. The summed E-state index contributed by atoms with van der Waals surface area (Å²) in [6, 6.07) is 7.24. The lowest BCUT2D eigenvalue weighted by Gasteiger charge is -2.02. The molecule has 7 nitrogen and oxygen atoms in total. The molecule has 0 fully saturated rings. The molecule has 0 radical (unpaired) electrons. The van der Waals surface area contributed by atoms with Gasteiger partial charge in [-0.1, -0.05) is 17.3 Å². The zero-order chi connectivity index (χ0) is 14.9. The summed E-state index contributed by atoms with van der Waals surface area (Å²) in [4.78, 5) is 23.4. The summed E-state index contributed by atoms with van der Waals surface area (Å²) in [5, 5.41) is 11.4. The molecule has 4 rings (SSSR count). The number of aromatic amines is 1. The number of nitrogens with one attached hydrogen (secondary N) is 1. The molecule has 0 aliphatic carbocycles. The van der Waals surface area contributed by atoms with Crippen LogP contribution in [-0.2, 0) is 6.54 Å². The number of para-hydroxylation sites is 1. The maximum atomic E-state index is 12.0. The molecular formula is C14H10N6OS. The molecule has 0 amide bonds. The highest BCUT2D eigenvalue weighted by Crippen LogP contribution is 2.18. The van der Waals surface area contributed by atoms with Gasteiger partial charge < -0.3 is 4.98 Å². The van der Waals surface area contributed by atoms with E-state index < -0.39 is 0 Å². The van der Waals surface area contributed by atoms with Crippen LogP contribution in [0.1, 0.15) is 5.82 Å². The molecule has 0 atom stereocenters. The average molecular weight is 310 g/mol. The maximum absolute atomic E-state index is 12.0. The van der Waals surface area contributed by atoms with Crippen LogP contribution in [0.2, 0.25) is 0 Å². The van der Waals surface area contributed by atoms with Gasteiger partial charge in [-0.05, 0) is 12.1 Å². The number of fused-ring (bicyclic) bond motifs is 1. The lowest BCUT2D eigenvalue weighted by atomic mass is 10.2. The largest absolute Gasteiger partial charge is 0.308 e. The van der Waals surface area contributed by atoms with Crippen LogP contribution in [0.15, 0.2) is 46.8 Å². The first-order valence-corrected chi connectivity index (χ1v) is 7.45. The molecule has 108 valence electrons. The van der Waals surface area contributed by atoms with Crippen molar-refractivity contribution >= 4 is 22.2 Å². The van der Waals surface area contributed by atoms with Gasteiger partial charge in [-0.25, -0.2) is 14.6 Å². The number of nitrogens with zero attached hydrogens (tertiary/aromatic N) is 5. The minimum absolute atomic E-state index is 0.152. The first-order valence-electron chi connectivity index (χ1n) is 6.57. The van der Waals surface area contributed by atoms with Crippen LogP contribution < -0.4 is 5.56 Å². The molecule has 1 N–H and O–H groups in total. The third-order valence-electron chi connectivity index (χ3n) is 3.16. The molecule has 0 aliphatic rings. The number of hydrogen-bond acceptors (Lipinski definition) is 6. The Kier molecular flexibility index (Phi) is 3.01. The van der Waals surface area contributed by atoms with Crippen molar-refractivity contribution in [3.63, 3.8) is 0 Å². The molecule has 4 aromatic rings. The molecule has 0 aliphatic heterocycles. The van der Waals surface area contributed by atoms with E-state index in [0.29, 0.717) is 29.0 Å². The standard InChI is InChI=1S/C14H10N6OS/c21-13-9-3-1-2-4-10(9)16-12(17-13)8-20-7-11(18-19-20)14-15-5-6-22-14/h1-7H,8H2,(H,16,17,21). The monoisotopic (exact) mass is 310 g/mol. The molecule has 3 heterocycles. The number of H-pyrrole nitrogens is 1. The SMILES string of the molecule is O=c1[nH]c(Cn2cc(-c3nccs3)nn2)nc2ccccc12. The summed E-state index contributed by atoms with van der Waals surface area (Å²) in [7, 11) is 0. The third kappa shape index (κ3) is 2.29. The van der Waals surface area contributed by atoms with Gasteiger partial charge in [0.1, 0.15) is 23.1 Å². The molecule has 0 unspecified atom stereocenters. The van der Waals surface area contributed by atoms with Crippen LogP contribution in [0.5, 0.6) is 0 Å². The van der Waals surface area contributed by atoms with Gasteiger partial charge in [-0.3, -0.25) is 4.79 Å². The van der Waals surface area contributed by atoms with Crippen LogP contribution in [0, 0.1) is 0 Å². The Morgan fingerprint density at radius 3 is 3.05 bits per heavy atom. The van der Waals surface area contributed by atoms with E-state index in [2.05, 4.69) is 25.3 Å². The Hall–Kier alpha value is -2.87. The summed E-state index contributed by atoms with van der Waals surface area (Å²) < 4.78 is 1.63. The summed E-state index contributed by atoms with van der Waals surface area (Å²) in [6.45, 7) is 0.346. The van der Waals surface area contributed by atoms with Crippen LogP contribution in [0.3, 0.4) is 0 Å². The number of hydrogen-bond donors (Lipinski definition) is 1. The number of thiazole rings is 1. The van der Waals surface area contributed by atoms with Crippen LogP contribution in [0.25, 0.3) is 21.6 Å². The lowest BCUT2D eigenvalue weighted by molar-refractivity contribution is 0.625. The summed E-state index contributed by atoms with van der Waals surface area (Å²) in [5.74, 6) is 0.541. The molecule has 0 bridgehead atoms. The number of benzene rings is 1. The van der Waals surface area contributed by atoms with Gasteiger partial charge >= 0.3 is 0 Å². The summed E-state index contributed by atoms with van der Waals surface area (Å²) >= 11 is 1.50. The highest BCUT2D eigenvalue weighted by molar-refractivity contribution is 7.13. The molecule has 0 saturated carbocycles. The van der Waals surface area contributed by atoms with Crippen molar-refractivity contribution < 1.29 is 0 Å². The zero-order valence-electron chi connectivity index (χ0n) is 11.3. The Bertz CT molecular complexity index is 988. The molecule has 1 aromatic carbocycles. The molecule has 22 heavy (non-hydrogen) atoms. The van der Waals surface area contributed by atoms with Gasteiger partial charge in [0.2, 0.25) is 0 Å². The summed E-state index contributed by atoms with van der Waals surface area (Å²) in [6.07, 6.45) is 3.51. The quantitative estimate of drug-likeness (QED) is 0.622. The second kappa shape index (κ2) is 5.15. The van der Waals surface area contributed by atoms with Crippen molar-refractivity contribution in [2.75, 3.05) is 0 Å². The van der Waals surface area contributed by atoms with Gasteiger partial charge in [0.05, 0.1) is 17.1 Å². The topological polar surface area (TPSA) is 89.4 Å². The fourth-order valence-electron chi connectivity index (χ4n) is 2.19. The molecule has 8 heteroatoms. The first-order chi connectivity index (χ1) is 10.8. The van der Waals surface area contributed by atoms with Gasteiger partial charge in [0, 0.05) is 11.6 Å². The van der Waals surface area contributed by atoms with Gasteiger partial charge in [-0.2, -0.15) is 0 Å². The van der Waals surface area contributed by atoms with Gasteiger partial charge in [-0.15, -0.1) is 16.4 Å². The Balaban J connectivity index is 1.68. The predicted octanol–water partition coefficient (Wildman–Crippen LogP) is 1.69.